The first-order valence-corrected chi connectivity index (χ1v) is 11.2. The summed E-state index contributed by atoms with van der Waals surface area (Å²) < 4.78 is 34.1. The lowest BCUT2D eigenvalue weighted by atomic mass is 10.1. The quantitative estimate of drug-likeness (QED) is 0.558. The minimum atomic E-state index is -0.865. The number of halogens is 2. The Labute approximate surface area is 184 Å². The van der Waals surface area contributed by atoms with Gasteiger partial charge >= 0.3 is 0 Å². The number of aryl methyl sites for hydroxylation is 2. The fraction of sp³-hybridized carbons (Fsp3) is 0.391. The van der Waals surface area contributed by atoms with Crippen LogP contribution in [0.15, 0.2) is 30.3 Å². The Morgan fingerprint density at radius 1 is 1.19 bits per heavy atom. The standard InChI is InChI=1S/C23H25F2N3O2S/c1-15-12-16(2)21-20(13-15)26-23(31-21)28(7-3-6-27-8-10-30-11-9-27)22(29)18-5-4-17(24)14-19(18)25/h4-5,12-14H,3,6-11H2,1-2H3. The van der Waals surface area contributed by atoms with Crippen LogP contribution < -0.4 is 4.90 Å². The number of anilines is 1. The molecule has 0 bridgehead atoms. The zero-order chi connectivity index (χ0) is 22.0. The highest BCUT2D eigenvalue weighted by atomic mass is 32.1. The van der Waals surface area contributed by atoms with Crippen molar-refractivity contribution in [3.63, 3.8) is 0 Å². The molecule has 0 saturated carbocycles. The van der Waals surface area contributed by atoms with Crippen LogP contribution in [0, 0.1) is 25.5 Å². The molecule has 0 spiro atoms. The van der Waals surface area contributed by atoms with Gasteiger partial charge in [-0.25, -0.2) is 13.8 Å². The van der Waals surface area contributed by atoms with Crippen molar-refractivity contribution in [3.05, 3.63) is 58.7 Å². The second kappa shape index (κ2) is 9.38. The summed E-state index contributed by atoms with van der Waals surface area (Å²) in [6, 6.07) is 7.11. The SMILES string of the molecule is Cc1cc(C)c2sc(N(CCCN3CCOCC3)C(=O)c3ccc(F)cc3F)nc2c1. The van der Waals surface area contributed by atoms with E-state index in [1.807, 2.05) is 19.9 Å². The van der Waals surface area contributed by atoms with Crippen LogP contribution in [0.2, 0.25) is 0 Å². The van der Waals surface area contributed by atoms with Gasteiger partial charge in [0.15, 0.2) is 5.13 Å². The normalized spacial score (nSPS) is 14.8. The van der Waals surface area contributed by atoms with E-state index in [0.717, 1.165) is 53.1 Å². The predicted molar refractivity (Wildman–Crippen MR) is 119 cm³/mol. The van der Waals surface area contributed by atoms with Gasteiger partial charge in [-0.3, -0.25) is 14.6 Å². The first-order valence-electron chi connectivity index (χ1n) is 10.4. The van der Waals surface area contributed by atoms with Gasteiger partial charge in [-0.1, -0.05) is 17.4 Å². The summed E-state index contributed by atoms with van der Waals surface area (Å²) in [6.07, 6.45) is 0.711. The molecule has 2 heterocycles. The number of benzene rings is 2. The molecule has 3 aromatic rings. The lowest BCUT2D eigenvalue weighted by Gasteiger charge is -2.27. The highest BCUT2D eigenvalue weighted by Crippen LogP contribution is 2.33. The summed E-state index contributed by atoms with van der Waals surface area (Å²) in [6.45, 7) is 8.36. The monoisotopic (exact) mass is 445 g/mol. The molecule has 2 aromatic carbocycles. The number of nitrogens with zero attached hydrogens (tertiary/aromatic N) is 3. The average Bonchev–Trinajstić information content (AvgIpc) is 3.15. The van der Waals surface area contributed by atoms with E-state index >= 15 is 0 Å². The van der Waals surface area contributed by atoms with Crippen molar-refractivity contribution in [2.24, 2.45) is 0 Å². The van der Waals surface area contributed by atoms with Gasteiger partial charge in [-0.05, 0) is 49.6 Å². The maximum Gasteiger partial charge on any atom is 0.263 e. The number of ether oxygens (including phenoxy) is 1. The van der Waals surface area contributed by atoms with Crippen LogP contribution in [0.1, 0.15) is 27.9 Å². The Balaban J connectivity index is 1.63. The Morgan fingerprint density at radius 2 is 1.97 bits per heavy atom. The van der Waals surface area contributed by atoms with Crippen molar-refractivity contribution in [1.82, 2.24) is 9.88 Å². The van der Waals surface area contributed by atoms with Gasteiger partial charge in [0.25, 0.3) is 5.91 Å². The van der Waals surface area contributed by atoms with Crippen LogP contribution >= 0.6 is 11.3 Å². The van der Waals surface area contributed by atoms with E-state index in [1.165, 1.54) is 22.3 Å². The Morgan fingerprint density at radius 3 is 2.71 bits per heavy atom. The molecule has 164 valence electrons. The van der Waals surface area contributed by atoms with Crippen molar-refractivity contribution in [3.8, 4) is 0 Å². The summed E-state index contributed by atoms with van der Waals surface area (Å²) in [5.41, 5.74) is 2.85. The van der Waals surface area contributed by atoms with E-state index in [0.29, 0.717) is 31.3 Å². The third-order valence-electron chi connectivity index (χ3n) is 5.41. The van der Waals surface area contributed by atoms with Crippen molar-refractivity contribution in [2.75, 3.05) is 44.3 Å². The molecule has 5 nitrogen and oxygen atoms in total. The molecule has 1 aromatic heterocycles. The topological polar surface area (TPSA) is 45.7 Å². The molecule has 1 aliphatic rings. The van der Waals surface area contributed by atoms with Gasteiger partial charge in [0.2, 0.25) is 0 Å². The molecule has 8 heteroatoms. The van der Waals surface area contributed by atoms with Crippen LogP contribution in [0.4, 0.5) is 13.9 Å². The Bertz CT molecular complexity index is 1100. The van der Waals surface area contributed by atoms with Crippen LogP contribution in [0.5, 0.6) is 0 Å². The van der Waals surface area contributed by atoms with Gasteiger partial charge in [0, 0.05) is 32.2 Å². The van der Waals surface area contributed by atoms with E-state index in [9.17, 15) is 13.6 Å². The van der Waals surface area contributed by atoms with Gasteiger partial charge < -0.3 is 4.74 Å². The van der Waals surface area contributed by atoms with Gasteiger partial charge in [-0.2, -0.15) is 0 Å². The van der Waals surface area contributed by atoms with Crippen molar-refractivity contribution < 1.29 is 18.3 Å². The van der Waals surface area contributed by atoms with Crippen LogP contribution in [-0.2, 0) is 4.74 Å². The number of thiazole rings is 1. The molecule has 1 amide bonds. The number of carbonyl (C=O) groups excluding carboxylic acids is 1. The van der Waals surface area contributed by atoms with Gasteiger partial charge in [0.05, 0.1) is 29.0 Å². The summed E-state index contributed by atoms with van der Waals surface area (Å²) in [7, 11) is 0. The number of fused-ring (bicyclic) bond motifs is 1. The molecule has 1 saturated heterocycles. The molecule has 1 aliphatic heterocycles. The van der Waals surface area contributed by atoms with E-state index in [-0.39, 0.29) is 5.56 Å². The first kappa shape index (κ1) is 21.8. The van der Waals surface area contributed by atoms with E-state index in [1.54, 1.807) is 0 Å². The number of hydrogen-bond acceptors (Lipinski definition) is 5. The second-order valence-corrected chi connectivity index (χ2v) is 8.79. The zero-order valence-corrected chi connectivity index (χ0v) is 18.5. The van der Waals surface area contributed by atoms with Gasteiger partial charge in [-0.15, -0.1) is 0 Å². The van der Waals surface area contributed by atoms with E-state index in [4.69, 9.17) is 4.74 Å². The number of rotatable bonds is 6. The molecule has 1 fully saturated rings. The van der Waals surface area contributed by atoms with Crippen LogP contribution in [0.3, 0.4) is 0 Å². The molecule has 0 radical (unpaired) electrons. The minimum absolute atomic E-state index is 0.153. The van der Waals surface area contributed by atoms with Crippen molar-refractivity contribution in [1.29, 1.82) is 0 Å². The maximum atomic E-state index is 14.4. The highest BCUT2D eigenvalue weighted by Gasteiger charge is 2.25. The summed E-state index contributed by atoms with van der Waals surface area (Å²) in [5, 5.41) is 0.527. The minimum Gasteiger partial charge on any atom is -0.379 e. The molecule has 0 unspecified atom stereocenters. The average molecular weight is 446 g/mol. The Hall–Kier alpha value is -2.42. The number of carbonyl (C=O) groups is 1. The molecule has 31 heavy (non-hydrogen) atoms. The molecule has 4 rings (SSSR count). The molecular weight excluding hydrogens is 420 g/mol. The highest BCUT2D eigenvalue weighted by molar-refractivity contribution is 7.22. The van der Waals surface area contributed by atoms with Crippen molar-refractivity contribution in [2.45, 2.75) is 20.3 Å². The molecule has 0 aliphatic carbocycles. The van der Waals surface area contributed by atoms with Gasteiger partial charge in [0.1, 0.15) is 11.6 Å². The van der Waals surface area contributed by atoms with Crippen LogP contribution in [0.25, 0.3) is 10.2 Å². The van der Waals surface area contributed by atoms with E-state index < -0.39 is 17.5 Å². The summed E-state index contributed by atoms with van der Waals surface area (Å²) in [4.78, 5) is 21.8. The fourth-order valence-corrected chi connectivity index (χ4v) is 4.89. The predicted octanol–water partition coefficient (Wildman–Crippen LogP) is 4.56. The summed E-state index contributed by atoms with van der Waals surface area (Å²) in [5.74, 6) is -2.08. The third kappa shape index (κ3) is 4.92. The third-order valence-corrected chi connectivity index (χ3v) is 6.64. The zero-order valence-electron chi connectivity index (χ0n) is 17.7. The number of amides is 1. The molecule has 0 N–H and O–H groups in total. The largest absolute Gasteiger partial charge is 0.379 e. The lowest BCUT2D eigenvalue weighted by molar-refractivity contribution is 0.0376. The summed E-state index contributed by atoms with van der Waals surface area (Å²) >= 11 is 1.42. The first-order chi connectivity index (χ1) is 14.9. The molecule has 0 atom stereocenters. The smallest absolute Gasteiger partial charge is 0.263 e. The molecular formula is C23H25F2N3O2S. The number of hydrogen-bond donors (Lipinski definition) is 0. The number of aromatic nitrogens is 1. The van der Waals surface area contributed by atoms with Crippen molar-refractivity contribution >= 4 is 32.6 Å². The number of morpholine rings is 1. The fourth-order valence-electron chi connectivity index (χ4n) is 3.85. The Kier molecular flexibility index (Phi) is 6.60. The second-order valence-electron chi connectivity index (χ2n) is 7.82. The lowest BCUT2D eigenvalue weighted by Crippen LogP contribution is -2.39. The van der Waals surface area contributed by atoms with E-state index in [2.05, 4.69) is 16.0 Å². The van der Waals surface area contributed by atoms with Crippen LogP contribution in [-0.4, -0.2) is 55.2 Å². The maximum absolute atomic E-state index is 14.4.